The molecule has 3 heterocycles. The summed E-state index contributed by atoms with van der Waals surface area (Å²) >= 11 is 0. The molecule has 0 spiro atoms. The van der Waals surface area contributed by atoms with E-state index in [1.54, 1.807) is 24.0 Å². The van der Waals surface area contributed by atoms with E-state index in [4.69, 9.17) is 4.74 Å². The number of fused-ring (bicyclic) bond motifs is 2. The molecule has 2 N–H and O–H groups in total. The van der Waals surface area contributed by atoms with E-state index in [-0.39, 0.29) is 5.75 Å². The van der Waals surface area contributed by atoms with Gasteiger partial charge in [0.15, 0.2) is 5.84 Å². The normalized spacial score (nSPS) is 13.0. The third-order valence-electron chi connectivity index (χ3n) is 3.88. The second kappa shape index (κ2) is 4.98. The standard InChI is InChI=1S/C16H15N5O2/c1-21-11-6-10(7-12(22)13(11)16(20-21)23-2)19-15-14-9(8-18-15)4-3-5-17-14/h3-7,22H,8H2,1-2H3,(H,18,19). The minimum absolute atomic E-state index is 0.106. The second-order valence-corrected chi connectivity index (χ2v) is 5.32. The lowest BCUT2D eigenvalue weighted by atomic mass is 10.2. The van der Waals surface area contributed by atoms with Gasteiger partial charge >= 0.3 is 0 Å². The van der Waals surface area contributed by atoms with Crippen molar-refractivity contribution in [1.82, 2.24) is 14.8 Å². The van der Waals surface area contributed by atoms with E-state index in [1.165, 1.54) is 7.11 Å². The van der Waals surface area contributed by atoms with Crippen LogP contribution in [0.25, 0.3) is 10.9 Å². The SMILES string of the molecule is COc1nn(C)c2cc(NC3=NCc4cccnc43)cc(O)c12. The van der Waals surface area contributed by atoms with Gasteiger partial charge in [0.2, 0.25) is 5.88 Å². The summed E-state index contributed by atoms with van der Waals surface area (Å²) in [5.74, 6) is 1.21. The minimum Gasteiger partial charge on any atom is -0.507 e. The number of methoxy groups -OCH3 is 1. The Morgan fingerprint density at radius 3 is 3.04 bits per heavy atom. The number of amidine groups is 1. The number of aromatic nitrogens is 3. The number of nitrogens with zero attached hydrogens (tertiary/aromatic N) is 4. The van der Waals surface area contributed by atoms with Gasteiger partial charge in [-0.25, -0.2) is 0 Å². The molecule has 4 rings (SSSR count). The molecule has 3 aromatic rings. The molecule has 116 valence electrons. The predicted molar refractivity (Wildman–Crippen MR) is 87.0 cm³/mol. The first-order chi connectivity index (χ1) is 11.2. The first-order valence-electron chi connectivity index (χ1n) is 7.17. The quantitative estimate of drug-likeness (QED) is 0.757. The van der Waals surface area contributed by atoms with Crippen molar-refractivity contribution in [3.8, 4) is 11.6 Å². The summed E-state index contributed by atoms with van der Waals surface area (Å²) in [7, 11) is 3.33. The molecule has 0 unspecified atom stereocenters. The molecular weight excluding hydrogens is 294 g/mol. The molecule has 0 saturated carbocycles. The van der Waals surface area contributed by atoms with Gasteiger partial charge in [-0.05, 0) is 12.1 Å². The van der Waals surface area contributed by atoms with E-state index in [9.17, 15) is 5.11 Å². The van der Waals surface area contributed by atoms with E-state index in [2.05, 4.69) is 20.4 Å². The minimum atomic E-state index is 0.106. The van der Waals surface area contributed by atoms with Crippen molar-refractivity contribution in [1.29, 1.82) is 0 Å². The molecule has 0 radical (unpaired) electrons. The first kappa shape index (κ1) is 13.6. The molecular formula is C16H15N5O2. The Morgan fingerprint density at radius 2 is 2.22 bits per heavy atom. The summed E-state index contributed by atoms with van der Waals surface area (Å²) < 4.78 is 6.87. The number of aromatic hydroxyl groups is 1. The zero-order valence-corrected chi connectivity index (χ0v) is 12.7. The number of phenols is 1. The second-order valence-electron chi connectivity index (χ2n) is 5.32. The highest BCUT2D eigenvalue weighted by molar-refractivity contribution is 6.10. The summed E-state index contributed by atoms with van der Waals surface area (Å²) in [6.07, 6.45) is 1.74. The maximum absolute atomic E-state index is 10.3. The molecule has 7 nitrogen and oxygen atoms in total. The average Bonchev–Trinajstić information content (AvgIpc) is 3.10. The molecule has 2 aromatic heterocycles. The van der Waals surface area contributed by atoms with Crippen LogP contribution in [-0.4, -0.2) is 32.8 Å². The first-order valence-corrected chi connectivity index (χ1v) is 7.17. The number of hydrogen-bond donors (Lipinski definition) is 2. The maximum Gasteiger partial charge on any atom is 0.244 e. The molecule has 0 amide bonds. The molecule has 23 heavy (non-hydrogen) atoms. The highest BCUT2D eigenvalue weighted by Crippen LogP contribution is 2.35. The molecule has 0 saturated heterocycles. The van der Waals surface area contributed by atoms with E-state index >= 15 is 0 Å². The third-order valence-corrected chi connectivity index (χ3v) is 3.88. The third kappa shape index (κ3) is 2.09. The Bertz CT molecular complexity index is 945. The van der Waals surface area contributed by atoms with Crippen LogP contribution in [0.1, 0.15) is 11.3 Å². The molecule has 0 aliphatic carbocycles. The van der Waals surface area contributed by atoms with Crippen LogP contribution in [0.4, 0.5) is 5.69 Å². The lowest BCUT2D eigenvalue weighted by Crippen LogP contribution is -2.13. The van der Waals surface area contributed by atoms with Crippen molar-refractivity contribution in [2.45, 2.75) is 6.54 Å². The number of aliphatic imine (C=N–C) groups is 1. The van der Waals surface area contributed by atoms with Crippen LogP contribution in [0.15, 0.2) is 35.5 Å². The number of rotatable bonds is 2. The zero-order chi connectivity index (χ0) is 16.0. The monoisotopic (exact) mass is 309 g/mol. The van der Waals surface area contributed by atoms with E-state index in [1.807, 2.05) is 18.2 Å². The van der Waals surface area contributed by atoms with Crippen LogP contribution in [0, 0.1) is 0 Å². The largest absolute Gasteiger partial charge is 0.507 e. The van der Waals surface area contributed by atoms with Crippen molar-refractivity contribution in [3.05, 3.63) is 41.7 Å². The lowest BCUT2D eigenvalue weighted by Gasteiger charge is -2.08. The van der Waals surface area contributed by atoms with Crippen LogP contribution in [0.5, 0.6) is 11.6 Å². The highest BCUT2D eigenvalue weighted by Gasteiger charge is 2.19. The fourth-order valence-corrected chi connectivity index (χ4v) is 2.80. The molecule has 1 aliphatic heterocycles. The van der Waals surface area contributed by atoms with Gasteiger partial charge in [0.05, 0.1) is 19.2 Å². The van der Waals surface area contributed by atoms with Gasteiger partial charge in [0.1, 0.15) is 16.8 Å². The highest BCUT2D eigenvalue weighted by atomic mass is 16.5. The zero-order valence-electron chi connectivity index (χ0n) is 12.7. The Balaban J connectivity index is 1.75. The molecule has 0 atom stereocenters. The Labute approximate surface area is 132 Å². The average molecular weight is 309 g/mol. The number of phenolic OH excluding ortho intramolecular Hbond substituents is 1. The number of aryl methyl sites for hydroxylation is 1. The van der Waals surface area contributed by atoms with Crippen molar-refractivity contribution >= 4 is 22.4 Å². The van der Waals surface area contributed by atoms with Gasteiger partial charge < -0.3 is 15.2 Å². The van der Waals surface area contributed by atoms with Gasteiger partial charge in [0.25, 0.3) is 0 Å². The van der Waals surface area contributed by atoms with Crippen molar-refractivity contribution in [2.24, 2.45) is 12.0 Å². The van der Waals surface area contributed by atoms with Crippen LogP contribution < -0.4 is 10.1 Å². The molecule has 0 fully saturated rings. The number of nitrogens with one attached hydrogen (secondary N) is 1. The smallest absolute Gasteiger partial charge is 0.244 e. The summed E-state index contributed by atoms with van der Waals surface area (Å²) in [6, 6.07) is 7.44. The predicted octanol–water partition coefficient (Wildman–Crippen LogP) is 2.05. The summed E-state index contributed by atoms with van der Waals surface area (Å²) in [5, 5.41) is 18.4. The Kier molecular flexibility index (Phi) is 2.94. The van der Waals surface area contributed by atoms with E-state index in [0.29, 0.717) is 23.6 Å². The van der Waals surface area contributed by atoms with Crippen molar-refractivity contribution in [3.63, 3.8) is 0 Å². The van der Waals surface area contributed by atoms with Crippen LogP contribution in [0.2, 0.25) is 0 Å². The summed E-state index contributed by atoms with van der Waals surface area (Å²) in [5.41, 5.74) is 3.42. The number of anilines is 1. The van der Waals surface area contributed by atoms with E-state index in [0.717, 1.165) is 22.5 Å². The van der Waals surface area contributed by atoms with Gasteiger partial charge in [-0.1, -0.05) is 6.07 Å². The number of pyridine rings is 1. The summed E-state index contributed by atoms with van der Waals surface area (Å²) in [4.78, 5) is 8.83. The van der Waals surface area contributed by atoms with E-state index < -0.39 is 0 Å². The topological polar surface area (TPSA) is 84.6 Å². The fraction of sp³-hybridized carbons (Fsp3) is 0.188. The van der Waals surface area contributed by atoms with Gasteiger partial charge in [-0.3, -0.25) is 14.7 Å². The fourth-order valence-electron chi connectivity index (χ4n) is 2.80. The number of hydrogen-bond acceptors (Lipinski definition) is 6. The van der Waals surface area contributed by atoms with Gasteiger partial charge in [-0.15, -0.1) is 5.10 Å². The molecule has 7 heteroatoms. The molecule has 0 bridgehead atoms. The Morgan fingerprint density at radius 1 is 1.35 bits per heavy atom. The number of ether oxygens (including phenoxy) is 1. The number of benzene rings is 1. The van der Waals surface area contributed by atoms with Gasteiger partial charge in [0, 0.05) is 30.6 Å². The lowest BCUT2D eigenvalue weighted by molar-refractivity contribution is 0.393. The van der Waals surface area contributed by atoms with Gasteiger partial charge in [-0.2, -0.15) is 0 Å². The summed E-state index contributed by atoms with van der Waals surface area (Å²) in [6.45, 7) is 0.610. The van der Waals surface area contributed by atoms with Crippen molar-refractivity contribution in [2.75, 3.05) is 12.4 Å². The van der Waals surface area contributed by atoms with Crippen LogP contribution >= 0.6 is 0 Å². The van der Waals surface area contributed by atoms with Crippen LogP contribution in [0.3, 0.4) is 0 Å². The van der Waals surface area contributed by atoms with Crippen LogP contribution in [-0.2, 0) is 13.6 Å². The molecule has 1 aromatic carbocycles. The van der Waals surface area contributed by atoms with Crippen molar-refractivity contribution < 1.29 is 9.84 Å². The molecule has 1 aliphatic rings. The Hall–Kier alpha value is -3.09. The maximum atomic E-state index is 10.3.